The number of thiazole rings is 1. The van der Waals surface area contributed by atoms with Crippen LogP contribution in [0.3, 0.4) is 0 Å². The second-order valence-electron chi connectivity index (χ2n) is 5.65. The lowest BCUT2D eigenvalue weighted by molar-refractivity contribution is 0.0954. The Morgan fingerprint density at radius 3 is 2.76 bits per heavy atom. The summed E-state index contributed by atoms with van der Waals surface area (Å²) in [5.74, 6) is 0.537. The number of nitrogens with one attached hydrogen (secondary N) is 1. The molecule has 1 amide bonds. The molecule has 128 valence electrons. The maximum absolute atomic E-state index is 12.4. The fourth-order valence-electron chi connectivity index (χ4n) is 2.38. The second-order valence-corrected chi connectivity index (χ2v) is 6.51. The van der Waals surface area contributed by atoms with Crippen LogP contribution in [0, 0.1) is 0 Å². The van der Waals surface area contributed by atoms with Gasteiger partial charge in [0.25, 0.3) is 5.91 Å². The molecule has 0 aliphatic carbocycles. The normalized spacial score (nSPS) is 10.5. The first-order chi connectivity index (χ1) is 12.1. The first-order valence-corrected chi connectivity index (χ1v) is 8.78. The topological polar surface area (TPSA) is 71.0 Å². The van der Waals surface area contributed by atoms with Crippen molar-refractivity contribution in [2.45, 2.75) is 6.42 Å². The number of hydrogen-bond acceptors (Lipinski definition) is 6. The molecule has 25 heavy (non-hydrogen) atoms. The summed E-state index contributed by atoms with van der Waals surface area (Å²) in [6, 6.07) is 7.43. The van der Waals surface area contributed by atoms with Crippen LogP contribution in [-0.2, 0) is 6.42 Å². The molecule has 1 N–H and O–H groups in total. The third-order valence-electron chi connectivity index (χ3n) is 3.60. The van der Waals surface area contributed by atoms with E-state index in [0.29, 0.717) is 24.3 Å². The molecule has 0 unspecified atom stereocenters. The van der Waals surface area contributed by atoms with Gasteiger partial charge in [0.2, 0.25) is 0 Å². The van der Waals surface area contributed by atoms with Gasteiger partial charge < -0.3 is 10.2 Å². The number of nitrogens with zero attached hydrogens (tertiary/aromatic N) is 4. The molecule has 3 heterocycles. The van der Waals surface area contributed by atoms with Crippen molar-refractivity contribution in [2.24, 2.45) is 0 Å². The second kappa shape index (κ2) is 7.85. The minimum Gasteiger partial charge on any atom is -0.362 e. The fraction of sp³-hybridized carbons (Fsp3) is 0.222. The first kappa shape index (κ1) is 17.0. The Morgan fingerprint density at radius 1 is 1.20 bits per heavy atom. The summed E-state index contributed by atoms with van der Waals surface area (Å²) >= 11 is 1.60. The third kappa shape index (κ3) is 4.19. The number of pyridine rings is 2. The van der Waals surface area contributed by atoms with Gasteiger partial charge in [-0.1, -0.05) is 0 Å². The molecule has 3 rings (SSSR count). The van der Waals surface area contributed by atoms with E-state index in [4.69, 9.17) is 0 Å². The predicted octanol–water partition coefficient (Wildman–Crippen LogP) is 2.64. The Morgan fingerprint density at radius 2 is 2.00 bits per heavy atom. The molecule has 0 bridgehead atoms. The number of anilines is 1. The van der Waals surface area contributed by atoms with Crippen molar-refractivity contribution in [2.75, 3.05) is 25.5 Å². The molecule has 6 nitrogen and oxygen atoms in total. The summed E-state index contributed by atoms with van der Waals surface area (Å²) in [5.41, 5.74) is 2.60. The van der Waals surface area contributed by atoms with E-state index in [1.165, 1.54) is 0 Å². The van der Waals surface area contributed by atoms with Crippen LogP contribution >= 0.6 is 11.3 Å². The Hall–Kier alpha value is -2.80. The van der Waals surface area contributed by atoms with Crippen LogP contribution in [0.4, 0.5) is 5.82 Å². The molecule has 0 aliphatic heterocycles. The van der Waals surface area contributed by atoms with Crippen molar-refractivity contribution in [3.05, 3.63) is 59.5 Å². The molecular formula is C18H19N5OS. The summed E-state index contributed by atoms with van der Waals surface area (Å²) < 4.78 is 0. The SMILES string of the molecule is CN(C)c1ncccc1C(=O)NCCc1csc(-c2ccncc2)n1. The molecular weight excluding hydrogens is 334 g/mol. The van der Waals surface area contributed by atoms with Gasteiger partial charge in [-0.3, -0.25) is 9.78 Å². The quantitative estimate of drug-likeness (QED) is 0.738. The Balaban J connectivity index is 1.59. The van der Waals surface area contributed by atoms with Crippen LogP contribution in [0.15, 0.2) is 48.2 Å². The number of rotatable bonds is 6. The van der Waals surface area contributed by atoms with Crippen molar-refractivity contribution in [1.82, 2.24) is 20.3 Å². The molecule has 0 saturated heterocycles. The van der Waals surface area contributed by atoms with Crippen LogP contribution < -0.4 is 10.2 Å². The first-order valence-electron chi connectivity index (χ1n) is 7.90. The fourth-order valence-corrected chi connectivity index (χ4v) is 3.24. The molecule has 0 fully saturated rings. The van der Waals surface area contributed by atoms with E-state index in [1.54, 1.807) is 42.1 Å². The number of carbonyl (C=O) groups is 1. The Kier molecular flexibility index (Phi) is 5.35. The standard InChI is InChI=1S/C18H19N5OS/c1-23(2)16-15(4-3-8-20-16)17(24)21-11-7-14-12-25-18(22-14)13-5-9-19-10-6-13/h3-6,8-10,12H,7,11H2,1-2H3,(H,21,24). The molecule has 3 aromatic rings. The van der Waals surface area contributed by atoms with E-state index in [9.17, 15) is 4.79 Å². The molecule has 0 saturated carbocycles. The van der Waals surface area contributed by atoms with Gasteiger partial charge in [-0.2, -0.15) is 0 Å². The predicted molar refractivity (Wildman–Crippen MR) is 99.9 cm³/mol. The van der Waals surface area contributed by atoms with Crippen LogP contribution in [0.2, 0.25) is 0 Å². The average molecular weight is 353 g/mol. The molecule has 0 atom stereocenters. The number of carbonyl (C=O) groups excluding carboxylic acids is 1. The highest BCUT2D eigenvalue weighted by Crippen LogP contribution is 2.23. The lowest BCUT2D eigenvalue weighted by Gasteiger charge is -2.15. The maximum atomic E-state index is 12.4. The summed E-state index contributed by atoms with van der Waals surface area (Å²) in [7, 11) is 3.74. The Bertz CT molecular complexity index is 847. The number of hydrogen-bond donors (Lipinski definition) is 1. The van der Waals surface area contributed by atoms with Gasteiger partial charge in [0, 0.05) is 56.6 Å². The molecule has 0 spiro atoms. The van der Waals surface area contributed by atoms with Gasteiger partial charge in [-0.05, 0) is 24.3 Å². The zero-order chi connectivity index (χ0) is 17.6. The molecule has 3 aromatic heterocycles. The minimum absolute atomic E-state index is 0.124. The van der Waals surface area contributed by atoms with Crippen molar-refractivity contribution in [3.63, 3.8) is 0 Å². The maximum Gasteiger partial charge on any atom is 0.255 e. The van der Waals surface area contributed by atoms with E-state index in [1.807, 2.05) is 36.5 Å². The van der Waals surface area contributed by atoms with Gasteiger partial charge in [-0.15, -0.1) is 11.3 Å². The van der Waals surface area contributed by atoms with Gasteiger partial charge >= 0.3 is 0 Å². The monoisotopic (exact) mass is 353 g/mol. The summed E-state index contributed by atoms with van der Waals surface area (Å²) in [6.07, 6.45) is 5.88. The number of aromatic nitrogens is 3. The van der Waals surface area contributed by atoms with E-state index in [-0.39, 0.29) is 5.91 Å². The highest BCUT2D eigenvalue weighted by molar-refractivity contribution is 7.13. The third-order valence-corrected chi connectivity index (χ3v) is 4.54. The molecule has 0 aliphatic rings. The molecule has 0 aromatic carbocycles. The minimum atomic E-state index is -0.124. The summed E-state index contributed by atoms with van der Waals surface area (Å²) in [6.45, 7) is 0.528. The van der Waals surface area contributed by atoms with E-state index in [2.05, 4.69) is 20.3 Å². The van der Waals surface area contributed by atoms with E-state index >= 15 is 0 Å². The van der Waals surface area contributed by atoms with Crippen molar-refractivity contribution < 1.29 is 4.79 Å². The van der Waals surface area contributed by atoms with Crippen molar-refractivity contribution in [3.8, 4) is 10.6 Å². The smallest absolute Gasteiger partial charge is 0.255 e. The number of amides is 1. The Labute approximate surface area is 150 Å². The van der Waals surface area contributed by atoms with Crippen LogP contribution in [0.5, 0.6) is 0 Å². The van der Waals surface area contributed by atoms with E-state index < -0.39 is 0 Å². The van der Waals surface area contributed by atoms with Gasteiger partial charge in [0.1, 0.15) is 10.8 Å². The lowest BCUT2D eigenvalue weighted by Crippen LogP contribution is -2.28. The van der Waals surface area contributed by atoms with Crippen molar-refractivity contribution >= 4 is 23.1 Å². The van der Waals surface area contributed by atoms with Crippen molar-refractivity contribution in [1.29, 1.82) is 0 Å². The lowest BCUT2D eigenvalue weighted by atomic mass is 10.2. The summed E-state index contributed by atoms with van der Waals surface area (Å²) in [5, 5.41) is 5.93. The van der Waals surface area contributed by atoms with Crippen LogP contribution in [0.25, 0.3) is 10.6 Å². The van der Waals surface area contributed by atoms with Crippen LogP contribution in [-0.4, -0.2) is 41.5 Å². The van der Waals surface area contributed by atoms with Gasteiger partial charge in [0.05, 0.1) is 11.3 Å². The van der Waals surface area contributed by atoms with Gasteiger partial charge in [-0.25, -0.2) is 9.97 Å². The summed E-state index contributed by atoms with van der Waals surface area (Å²) in [4.78, 5) is 27.1. The van der Waals surface area contributed by atoms with Gasteiger partial charge in [0.15, 0.2) is 0 Å². The largest absolute Gasteiger partial charge is 0.362 e. The molecule has 0 radical (unpaired) electrons. The zero-order valence-corrected chi connectivity index (χ0v) is 15.0. The average Bonchev–Trinajstić information content (AvgIpc) is 3.11. The van der Waals surface area contributed by atoms with E-state index in [0.717, 1.165) is 16.3 Å². The highest BCUT2D eigenvalue weighted by atomic mass is 32.1. The highest BCUT2D eigenvalue weighted by Gasteiger charge is 2.13. The van der Waals surface area contributed by atoms with Crippen LogP contribution in [0.1, 0.15) is 16.1 Å². The zero-order valence-electron chi connectivity index (χ0n) is 14.1. The molecule has 7 heteroatoms.